The van der Waals surface area contributed by atoms with Gasteiger partial charge in [0.05, 0.1) is 18.6 Å². The molecule has 1 aliphatic carbocycles. The van der Waals surface area contributed by atoms with Gasteiger partial charge < -0.3 is 14.8 Å². The smallest absolute Gasteiger partial charge is 0.341 e. The molecule has 0 saturated heterocycles. The predicted molar refractivity (Wildman–Crippen MR) is 113 cm³/mol. The van der Waals surface area contributed by atoms with Crippen LogP contribution in [0.4, 0.5) is 5.69 Å². The molecule has 0 spiro atoms. The Morgan fingerprint density at radius 3 is 2.41 bits per heavy atom. The lowest BCUT2D eigenvalue weighted by Gasteiger charge is -2.28. The molecule has 154 valence electrons. The molecule has 5 heteroatoms. The number of ether oxygens (including phenoxy) is 2. The van der Waals surface area contributed by atoms with Crippen LogP contribution < -0.4 is 10.1 Å². The number of hydrogen-bond acceptors (Lipinski definition) is 4. The molecule has 0 aliphatic heterocycles. The van der Waals surface area contributed by atoms with Crippen LogP contribution in [0.5, 0.6) is 5.75 Å². The summed E-state index contributed by atoms with van der Waals surface area (Å²) >= 11 is 0. The number of esters is 1. The third-order valence-corrected chi connectivity index (χ3v) is 5.76. The number of methoxy groups -OCH3 is 1. The zero-order chi connectivity index (χ0) is 20.9. The molecular weight excluding hydrogens is 366 g/mol. The van der Waals surface area contributed by atoms with Crippen molar-refractivity contribution in [1.82, 2.24) is 0 Å². The highest BCUT2D eigenvalue weighted by molar-refractivity contribution is 6.01. The summed E-state index contributed by atoms with van der Waals surface area (Å²) in [5, 5.41) is 3.03. The van der Waals surface area contributed by atoms with E-state index in [-0.39, 0.29) is 12.0 Å². The number of hydrogen-bond donors (Lipinski definition) is 1. The average Bonchev–Trinajstić information content (AvgIpc) is 3.26. The topological polar surface area (TPSA) is 64.6 Å². The molecule has 3 rings (SSSR count). The number of carbonyl (C=O) groups excluding carboxylic acids is 2. The molecule has 1 saturated carbocycles. The molecular formula is C24H29NO4. The minimum absolute atomic E-state index is 0.0290. The largest absolute Gasteiger partial charge is 0.490 e. The zero-order valence-corrected chi connectivity index (χ0v) is 17.4. The van der Waals surface area contributed by atoms with Gasteiger partial charge >= 0.3 is 5.97 Å². The minimum Gasteiger partial charge on any atom is -0.490 e. The second-order valence-corrected chi connectivity index (χ2v) is 7.65. The first kappa shape index (κ1) is 20.9. The van der Waals surface area contributed by atoms with Crippen LogP contribution in [-0.2, 0) is 14.9 Å². The van der Waals surface area contributed by atoms with Crippen LogP contribution in [-0.4, -0.2) is 25.1 Å². The number of anilines is 1. The predicted octanol–water partition coefficient (Wildman–Crippen LogP) is 5.10. The number of benzene rings is 2. The van der Waals surface area contributed by atoms with E-state index >= 15 is 0 Å². The fourth-order valence-corrected chi connectivity index (χ4v) is 3.91. The van der Waals surface area contributed by atoms with Gasteiger partial charge in [0.1, 0.15) is 11.3 Å². The van der Waals surface area contributed by atoms with Crippen LogP contribution in [0.3, 0.4) is 0 Å². The summed E-state index contributed by atoms with van der Waals surface area (Å²) in [5.74, 6) is -0.0616. The molecule has 1 atom stereocenters. The lowest BCUT2D eigenvalue weighted by Crippen LogP contribution is -2.38. The molecule has 0 unspecified atom stereocenters. The Bertz CT molecular complexity index is 856. The zero-order valence-electron chi connectivity index (χ0n) is 17.4. The summed E-state index contributed by atoms with van der Waals surface area (Å²) in [6.45, 7) is 3.96. The van der Waals surface area contributed by atoms with Crippen LogP contribution >= 0.6 is 0 Å². The molecule has 0 radical (unpaired) electrons. The summed E-state index contributed by atoms with van der Waals surface area (Å²) in [6, 6.07) is 15.1. The van der Waals surface area contributed by atoms with E-state index < -0.39 is 11.4 Å². The van der Waals surface area contributed by atoms with Crippen molar-refractivity contribution in [3.63, 3.8) is 0 Å². The molecule has 1 N–H and O–H groups in total. The molecule has 1 amide bonds. The third kappa shape index (κ3) is 4.44. The van der Waals surface area contributed by atoms with Crippen molar-refractivity contribution in [3.05, 3.63) is 59.7 Å². The number of carbonyl (C=O) groups is 2. The lowest BCUT2D eigenvalue weighted by atomic mass is 9.78. The monoisotopic (exact) mass is 395 g/mol. The summed E-state index contributed by atoms with van der Waals surface area (Å²) in [5.41, 5.74) is 1.39. The lowest BCUT2D eigenvalue weighted by molar-refractivity contribution is -0.121. The van der Waals surface area contributed by atoms with Crippen LogP contribution in [0.15, 0.2) is 48.5 Å². The van der Waals surface area contributed by atoms with Gasteiger partial charge in [-0.1, -0.05) is 50.1 Å². The first-order valence-electron chi connectivity index (χ1n) is 10.3. The minimum atomic E-state index is -0.529. The van der Waals surface area contributed by atoms with Gasteiger partial charge in [-0.15, -0.1) is 0 Å². The van der Waals surface area contributed by atoms with Gasteiger partial charge in [-0.25, -0.2) is 4.79 Å². The van der Waals surface area contributed by atoms with Crippen LogP contribution in [0.2, 0.25) is 0 Å². The molecule has 29 heavy (non-hydrogen) atoms. The summed E-state index contributed by atoms with van der Waals surface area (Å²) in [7, 11) is 1.34. The average molecular weight is 395 g/mol. The first-order valence-corrected chi connectivity index (χ1v) is 10.3. The maximum absolute atomic E-state index is 13.3. The Kier molecular flexibility index (Phi) is 6.57. The van der Waals surface area contributed by atoms with Crippen molar-refractivity contribution in [2.45, 2.75) is 57.5 Å². The molecule has 1 aliphatic rings. The summed E-state index contributed by atoms with van der Waals surface area (Å²) in [4.78, 5) is 25.6. The highest BCUT2D eigenvalue weighted by atomic mass is 16.5. The fourth-order valence-electron chi connectivity index (χ4n) is 3.91. The van der Waals surface area contributed by atoms with E-state index in [1.807, 2.05) is 44.2 Å². The van der Waals surface area contributed by atoms with E-state index in [0.717, 1.165) is 37.7 Å². The third-order valence-electron chi connectivity index (χ3n) is 5.76. The van der Waals surface area contributed by atoms with Crippen LogP contribution in [0.1, 0.15) is 61.9 Å². The Balaban J connectivity index is 1.88. The quantitative estimate of drug-likeness (QED) is 0.663. The van der Waals surface area contributed by atoms with Gasteiger partial charge in [0.25, 0.3) is 0 Å². The number of nitrogens with one attached hydrogen (secondary N) is 1. The van der Waals surface area contributed by atoms with Crippen molar-refractivity contribution in [1.29, 1.82) is 0 Å². The molecule has 2 aromatic rings. The maximum atomic E-state index is 13.3. The molecule has 0 heterocycles. The van der Waals surface area contributed by atoms with E-state index in [0.29, 0.717) is 17.0 Å². The second-order valence-electron chi connectivity index (χ2n) is 7.65. The molecule has 1 fully saturated rings. The van der Waals surface area contributed by atoms with E-state index in [4.69, 9.17) is 9.47 Å². The number of rotatable bonds is 7. The van der Waals surface area contributed by atoms with E-state index in [9.17, 15) is 9.59 Å². The van der Waals surface area contributed by atoms with Crippen molar-refractivity contribution in [2.24, 2.45) is 0 Å². The first-order chi connectivity index (χ1) is 14.0. The van der Waals surface area contributed by atoms with E-state index in [2.05, 4.69) is 5.32 Å². The normalized spacial score (nSPS) is 16.1. The van der Waals surface area contributed by atoms with Crippen molar-refractivity contribution in [2.75, 3.05) is 12.4 Å². The van der Waals surface area contributed by atoms with Crippen LogP contribution in [0.25, 0.3) is 0 Å². The summed E-state index contributed by atoms with van der Waals surface area (Å²) < 4.78 is 10.8. The molecule has 0 aromatic heterocycles. The van der Waals surface area contributed by atoms with Crippen LogP contribution in [0, 0.1) is 0 Å². The molecule has 5 nitrogen and oxygen atoms in total. The highest BCUT2D eigenvalue weighted by Crippen LogP contribution is 2.42. The SMILES string of the molecule is CC[C@H](C)Oc1ccc(NC(=O)C2(c3ccccc3)CCCC2)cc1C(=O)OC. The standard InChI is InChI=1S/C24H29NO4/c1-4-17(2)29-21-13-12-19(16-20(21)22(26)28-3)25-23(27)24(14-8-9-15-24)18-10-6-5-7-11-18/h5-7,10-13,16-17H,4,8-9,14-15H2,1-3H3,(H,25,27)/t17-/m0/s1. The van der Waals surface area contributed by atoms with Gasteiger partial charge in [0.15, 0.2) is 0 Å². The highest BCUT2D eigenvalue weighted by Gasteiger charge is 2.42. The van der Waals surface area contributed by atoms with Gasteiger partial charge in [-0.05, 0) is 49.9 Å². The Hall–Kier alpha value is -2.82. The summed E-state index contributed by atoms with van der Waals surface area (Å²) in [6.07, 6.45) is 4.48. The van der Waals surface area contributed by atoms with Crippen molar-refractivity contribution in [3.8, 4) is 5.75 Å². The Morgan fingerprint density at radius 2 is 1.79 bits per heavy atom. The van der Waals surface area contributed by atoms with Gasteiger partial charge in [0.2, 0.25) is 5.91 Å². The van der Waals surface area contributed by atoms with E-state index in [1.54, 1.807) is 18.2 Å². The Labute approximate surface area is 172 Å². The van der Waals surface area contributed by atoms with Gasteiger partial charge in [-0.2, -0.15) is 0 Å². The van der Waals surface area contributed by atoms with Gasteiger partial charge in [-0.3, -0.25) is 4.79 Å². The molecule has 0 bridgehead atoms. The van der Waals surface area contributed by atoms with Crippen molar-refractivity contribution >= 4 is 17.6 Å². The molecule has 2 aromatic carbocycles. The van der Waals surface area contributed by atoms with Gasteiger partial charge in [0, 0.05) is 5.69 Å². The van der Waals surface area contributed by atoms with E-state index in [1.165, 1.54) is 7.11 Å². The Morgan fingerprint density at radius 1 is 1.10 bits per heavy atom. The second kappa shape index (κ2) is 9.12. The maximum Gasteiger partial charge on any atom is 0.341 e. The van der Waals surface area contributed by atoms with Crippen molar-refractivity contribution < 1.29 is 19.1 Å². The fraction of sp³-hybridized carbons (Fsp3) is 0.417. The number of amides is 1.